The third-order valence-electron chi connectivity index (χ3n) is 7.15. The Bertz CT molecular complexity index is 949. The summed E-state index contributed by atoms with van der Waals surface area (Å²) in [5.74, 6) is 1.74. The molecule has 1 saturated carbocycles. The second-order valence-electron chi connectivity index (χ2n) is 9.82. The fourth-order valence-electron chi connectivity index (χ4n) is 4.99. The van der Waals surface area contributed by atoms with E-state index in [0.29, 0.717) is 18.5 Å². The topological polar surface area (TPSA) is 96.3 Å². The minimum Gasteiger partial charge on any atom is -0.434 e. The maximum absolute atomic E-state index is 12.1. The van der Waals surface area contributed by atoms with Crippen molar-refractivity contribution in [1.29, 1.82) is 5.26 Å². The third kappa shape index (κ3) is 14.3. The summed E-state index contributed by atoms with van der Waals surface area (Å²) in [4.78, 5) is 32.1. The molecule has 40 heavy (non-hydrogen) atoms. The number of carbonyl (C=O) groups excluding carboxylic acids is 3. The molecule has 4 atom stereocenters. The van der Waals surface area contributed by atoms with Crippen molar-refractivity contribution in [2.75, 3.05) is 6.54 Å². The summed E-state index contributed by atoms with van der Waals surface area (Å²) in [6.45, 7) is 9.65. The minimum absolute atomic E-state index is 0.0196. The molecular formula is C32H48F2N2O4. The van der Waals surface area contributed by atoms with Crippen LogP contribution in [0.25, 0.3) is 6.08 Å². The van der Waals surface area contributed by atoms with Crippen molar-refractivity contribution in [2.24, 2.45) is 23.7 Å². The molecule has 1 saturated heterocycles. The fourth-order valence-corrected chi connectivity index (χ4v) is 4.99. The van der Waals surface area contributed by atoms with Gasteiger partial charge < -0.3 is 14.8 Å². The smallest absolute Gasteiger partial charge is 0.387 e. The number of hydrogen-bond donors (Lipinski definition) is 1. The number of benzene rings is 1. The summed E-state index contributed by atoms with van der Waals surface area (Å²) in [5.41, 5.74) is 1.27. The molecule has 1 aromatic rings. The van der Waals surface area contributed by atoms with Crippen molar-refractivity contribution in [3.63, 3.8) is 0 Å². The average Bonchev–Trinajstić information content (AvgIpc) is 3.57. The van der Waals surface area contributed by atoms with E-state index in [1.54, 1.807) is 19.1 Å². The normalized spacial score (nSPS) is 20.1. The number of aldehydes is 1. The molecule has 2 aliphatic rings. The van der Waals surface area contributed by atoms with Gasteiger partial charge in [-0.3, -0.25) is 9.59 Å². The molecule has 0 aromatic heterocycles. The highest BCUT2D eigenvalue weighted by atomic mass is 19.3. The summed E-state index contributed by atoms with van der Waals surface area (Å²) in [5, 5.41) is 11.4. The first kappa shape index (κ1) is 36.9. The number of aryl methyl sites for hydroxylation is 1. The Labute approximate surface area is 239 Å². The number of carbonyl (C=O) groups is 3. The number of amides is 1. The van der Waals surface area contributed by atoms with Crippen LogP contribution < -0.4 is 10.1 Å². The molecule has 2 fully saturated rings. The van der Waals surface area contributed by atoms with E-state index in [-0.39, 0.29) is 35.7 Å². The van der Waals surface area contributed by atoms with Gasteiger partial charge >= 0.3 is 6.61 Å². The van der Waals surface area contributed by atoms with Crippen LogP contribution in [0.2, 0.25) is 0 Å². The second-order valence-corrected chi connectivity index (χ2v) is 9.82. The van der Waals surface area contributed by atoms with Crippen LogP contribution in [0.3, 0.4) is 0 Å². The maximum Gasteiger partial charge on any atom is 0.387 e. The number of ether oxygens (including phenoxy) is 1. The lowest BCUT2D eigenvalue weighted by Crippen LogP contribution is -2.20. The summed E-state index contributed by atoms with van der Waals surface area (Å²) in [7, 11) is 0. The Morgan fingerprint density at radius 2 is 1.80 bits per heavy atom. The molecule has 224 valence electrons. The van der Waals surface area contributed by atoms with Gasteiger partial charge in [0.1, 0.15) is 12.0 Å². The molecule has 1 aliphatic carbocycles. The number of ketones is 1. The van der Waals surface area contributed by atoms with Crippen LogP contribution in [-0.2, 0) is 14.4 Å². The number of rotatable bonds is 10. The van der Waals surface area contributed by atoms with Gasteiger partial charge in [-0.1, -0.05) is 71.9 Å². The van der Waals surface area contributed by atoms with Gasteiger partial charge in [-0.15, -0.1) is 0 Å². The highest BCUT2D eigenvalue weighted by molar-refractivity contribution is 5.92. The van der Waals surface area contributed by atoms with Gasteiger partial charge in [0.25, 0.3) is 0 Å². The molecule has 0 radical (unpaired) electrons. The Morgan fingerprint density at radius 3 is 2.25 bits per heavy atom. The summed E-state index contributed by atoms with van der Waals surface area (Å²) in [6, 6.07) is 6.87. The van der Waals surface area contributed by atoms with Crippen molar-refractivity contribution in [3.8, 4) is 11.8 Å². The van der Waals surface area contributed by atoms with Gasteiger partial charge in [0.2, 0.25) is 5.91 Å². The van der Waals surface area contributed by atoms with E-state index >= 15 is 0 Å². The monoisotopic (exact) mass is 562 g/mol. The Morgan fingerprint density at radius 1 is 1.18 bits per heavy atom. The highest BCUT2D eigenvalue weighted by Crippen LogP contribution is 2.35. The lowest BCUT2D eigenvalue weighted by Gasteiger charge is -2.14. The first-order chi connectivity index (χ1) is 19.2. The predicted octanol–water partition coefficient (Wildman–Crippen LogP) is 7.69. The molecule has 3 rings (SSSR count). The second kappa shape index (κ2) is 21.7. The quantitative estimate of drug-likeness (QED) is 0.233. The van der Waals surface area contributed by atoms with Crippen LogP contribution in [-0.4, -0.2) is 31.1 Å². The largest absolute Gasteiger partial charge is 0.434 e. The first-order valence-electron chi connectivity index (χ1n) is 14.5. The van der Waals surface area contributed by atoms with Gasteiger partial charge in [0, 0.05) is 24.4 Å². The molecule has 1 N–H and O–H groups in total. The number of allylic oxidation sites excluding steroid dienone is 1. The van der Waals surface area contributed by atoms with Crippen LogP contribution in [0.4, 0.5) is 8.78 Å². The van der Waals surface area contributed by atoms with Gasteiger partial charge in [0.05, 0.1) is 12.0 Å². The number of nitriles is 1. The molecule has 1 heterocycles. The van der Waals surface area contributed by atoms with E-state index < -0.39 is 6.61 Å². The van der Waals surface area contributed by atoms with E-state index in [1.165, 1.54) is 57.2 Å². The molecule has 1 aromatic carbocycles. The average molecular weight is 563 g/mol. The van der Waals surface area contributed by atoms with Crippen molar-refractivity contribution in [1.82, 2.24) is 5.32 Å². The zero-order valence-corrected chi connectivity index (χ0v) is 25.1. The van der Waals surface area contributed by atoms with Gasteiger partial charge in [-0.25, -0.2) is 0 Å². The maximum atomic E-state index is 12.1. The number of halogens is 2. The number of hydrogen-bond acceptors (Lipinski definition) is 5. The van der Waals surface area contributed by atoms with Gasteiger partial charge in [-0.05, 0) is 62.3 Å². The highest BCUT2D eigenvalue weighted by Gasteiger charge is 2.27. The van der Waals surface area contributed by atoms with E-state index in [4.69, 9.17) is 5.26 Å². The predicted molar refractivity (Wildman–Crippen MR) is 156 cm³/mol. The first-order valence-corrected chi connectivity index (χ1v) is 14.5. The van der Waals surface area contributed by atoms with Crippen LogP contribution in [0.15, 0.2) is 24.3 Å². The van der Waals surface area contributed by atoms with Crippen molar-refractivity contribution in [3.05, 3.63) is 35.4 Å². The van der Waals surface area contributed by atoms with Crippen molar-refractivity contribution < 1.29 is 27.9 Å². The molecule has 4 unspecified atom stereocenters. The number of alkyl halides is 2. The van der Waals surface area contributed by atoms with E-state index in [0.717, 1.165) is 30.1 Å². The lowest BCUT2D eigenvalue weighted by molar-refractivity contribution is -0.123. The minimum atomic E-state index is -2.87. The molecular weight excluding hydrogens is 514 g/mol. The van der Waals surface area contributed by atoms with Gasteiger partial charge in [-0.2, -0.15) is 14.0 Å². The lowest BCUT2D eigenvalue weighted by atomic mass is 9.92. The molecule has 1 aliphatic heterocycles. The van der Waals surface area contributed by atoms with Crippen LogP contribution in [0.1, 0.15) is 97.1 Å². The number of nitrogens with zero attached hydrogens (tertiary/aromatic N) is 1. The Balaban J connectivity index is 0.000000571. The number of nitrogens with one attached hydrogen (secondary N) is 1. The van der Waals surface area contributed by atoms with E-state index in [9.17, 15) is 23.2 Å². The van der Waals surface area contributed by atoms with Crippen molar-refractivity contribution >= 4 is 24.1 Å². The molecule has 1 amide bonds. The third-order valence-corrected chi connectivity index (χ3v) is 7.15. The zero-order chi connectivity index (χ0) is 30.5. The van der Waals surface area contributed by atoms with Crippen LogP contribution in [0, 0.1) is 41.9 Å². The summed E-state index contributed by atoms with van der Waals surface area (Å²) < 4.78 is 28.6. The Hall–Kier alpha value is -3.08. The van der Waals surface area contributed by atoms with E-state index in [2.05, 4.69) is 23.9 Å². The summed E-state index contributed by atoms with van der Waals surface area (Å²) >= 11 is 0. The van der Waals surface area contributed by atoms with Crippen LogP contribution in [0.5, 0.6) is 5.75 Å². The standard InChI is InChI=1S/C12H12F2O2.C9H12N2O2.C9H18.C2H6/c1-8-4-3-5-11(16-12(13)14)10(8)7-6-9(2)15;10-6-7(2-4-12)5-8-1-3-11-9(8)13;1-3-8-6-5-7-9(8)4-2;1-2/h3-7,12H,1-2H3;4,7-8H,1-3,5H2,(H,11,13);8-9H,3-7H2,1-2H3;1-2H3/b7-6+;;;. The van der Waals surface area contributed by atoms with Crippen molar-refractivity contribution in [2.45, 2.75) is 99.5 Å². The van der Waals surface area contributed by atoms with Crippen LogP contribution >= 0.6 is 0 Å². The molecule has 0 bridgehead atoms. The summed E-state index contributed by atoms with van der Waals surface area (Å²) in [6.07, 6.45) is 12.4. The molecule has 6 nitrogen and oxygen atoms in total. The molecule has 8 heteroatoms. The van der Waals surface area contributed by atoms with E-state index in [1.807, 2.05) is 19.9 Å². The Kier molecular flexibility index (Phi) is 20.0. The zero-order valence-electron chi connectivity index (χ0n) is 25.1. The fraction of sp³-hybridized carbons (Fsp3) is 0.625. The SMILES string of the molecule is CC.CC(=O)/C=C/c1c(C)cccc1OC(F)F.CCC1CCCC1CC.N#CC(CC=O)CC1CCNC1=O. The molecule has 0 spiro atoms. The van der Waals surface area contributed by atoms with Gasteiger partial charge in [0.15, 0.2) is 5.78 Å².